The van der Waals surface area contributed by atoms with Crippen molar-refractivity contribution in [1.82, 2.24) is 24.8 Å². The summed E-state index contributed by atoms with van der Waals surface area (Å²) < 4.78 is 2.50. The number of nitrogens with zero attached hydrogens (tertiary/aromatic N) is 4. The van der Waals surface area contributed by atoms with Gasteiger partial charge in [0.2, 0.25) is 0 Å². The summed E-state index contributed by atoms with van der Waals surface area (Å²) in [5, 5.41) is 4.05. The SMILES string of the molecule is CCNCCc1nc2ccccc2n1C1CCN(Cc2cccnc2Cl)CC1. The van der Waals surface area contributed by atoms with Crippen molar-refractivity contribution < 1.29 is 0 Å². The fourth-order valence-corrected chi connectivity index (χ4v) is 4.35. The third-order valence-electron chi connectivity index (χ3n) is 5.60. The lowest BCUT2D eigenvalue weighted by Crippen LogP contribution is -2.35. The number of hydrogen-bond donors (Lipinski definition) is 1. The first-order valence-electron chi connectivity index (χ1n) is 10.2. The molecule has 0 atom stereocenters. The summed E-state index contributed by atoms with van der Waals surface area (Å²) in [6, 6.07) is 13.1. The molecule has 5 nitrogen and oxygen atoms in total. The Hall–Kier alpha value is -1.95. The Kier molecular flexibility index (Phi) is 6.25. The molecule has 1 aliphatic rings. The zero-order valence-corrected chi connectivity index (χ0v) is 17.2. The molecule has 1 aromatic carbocycles. The summed E-state index contributed by atoms with van der Waals surface area (Å²) in [5.41, 5.74) is 3.49. The molecule has 0 spiro atoms. The van der Waals surface area contributed by atoms with Crippen LogP contribution in [0, 0.1) is 0 Å². The zero-order valence-electron chi connectivity index (χ0n) is 16.4. The summed E-state index contributed by atoms with van der Waals surface area (Å²) in [6.45, 7) is 7.11. The van der Waals surface area contributed by atoms with Crippen LogP contribution >= 0.6 is 11.6 Å². The van der Waals surface area contributed by atoms with Crippen molar-refractivity contribution in [2.45, 2.75) is 38.8 Å². The maximum absolute atomic E-state index is 6.24. The van der Waals surface area contributed by atoms with Gasteiger partial charge < -0.3 is 9.88 Å². The van der Waals surface area contributed by atoms with Crippen molar-refractivity contribution in [3.63, 3.8) is 0 Å². The van der Waals surface area contributed by atoms with Crippen LogP contribution < -0.4 is 5.32 Å². The van der Waals surface area contributed by atoms with Gasteiger partial charge in [-0.05, 0) is 37.6 Å². The molecule has 0 aliphatic carbocycles. The summed E-state index contributed by atoms with van der Waals surface area (Å²) >= 11 is 6.24. The van der Waals surface area contributed by atoms with Crippen LogP contribution in [0.15, 0.2) is 42.6 Å². The lowest BCUT2D eigenvalue weighted by Gasteiger charge is -2.33. The first-order chi connectivity index (χ1) is 13.8. The summed E-state index contributed by atoms with van der Waals surface area (Å²) in [4.78, 5) is 11.6. The molecule has 1 aliphatic heterocycles. The van der Waals surface area contributed by atoms with Gasteiger partial charge >= 0.3 is 0 Å². The molecule has 0 saturated carbocycles. The van der Waals surface area contributed by atoms with Crippen LogP contribution in [-0.4, -0.2) is 45.6 Å². The highest BCUT2D eigenvalue weighted by atomic mass is 35.5. The molecule has 148 valence electrons. The van der Waals surface area contributed by atoms with Gasteiger partial charge in [-0.2, -0.15) is 0 Å². The lowest BCUT2D eigenvalue weighted by atomic mass is 10.0. The fourth-order valence-electron chi connectivity index (χ4n) is 4.17. The normalized spacial score (nSPS) is 16.1. The average Bonchev–Trinajstić information content (AvgIpc) is 3.09. The molecule has 0 amide bonds. The van der Waals surface area contributed by atoms with E-state index >= 15 is 0 Å². The van der Waals surface area contributed by atoms with E-state index in [0.29, 0.717) is 11.2 Å². The molecule has 3 aromatic rings. The van der Waals surface area contributed by atoms with E-state index in [2.05, 4.69) is 57.0 Å². The summed E-state index contributed by atoms with van der Waals surface area (Å²) in [7, 11) is 0. The predicted molar refractivity (Wildman–Crippen MR) is 115 cm³/mol. The number of halogens is 1. The van der Waals surface area contributed by atoms with Crippen LogP contribution in [0.25, 0.3) is 11.0 Å². The molecule has 0 unspecified atom stereocenters. The second-order valence-corrected chi connectivity index (χ2v) is 7.81. The number of benzene rings is 1. The maximum atomic E-state index is 6.24. The Morgan fingerprint density at radius 1 is 1.14 bits per heavy atom. The number of pyridine rings is 1. The molecule has 2 aromatic heterocycles. The van der Waals surface area contributed by atoms with Crippen LogP contribution in [-0.2, 0) is 13.0 Å². The number of para-hydroxylation sites is 2. The van der Waals surface area contributed by atoms with Gasteiger partial charge in [0, 0.05) is 50.4 Å². The van der Waals surface area contributed by atoms with Gasteiger partial charge in [0.15, 0.2) is 0 Å². The molecule has 1 fully saturated rings. The van der Waals surface area contributed by atoms with Crippen molar-refractivity contribution >= 4 is 22.6 Å². The van der Waals surface area contributed by atoms with E-state index in [-0.39, 0.29) is 0 Å². The number of hydrogen-bond acceptors (Lipinski definition) is 4. The zero-order chi connectivity index (χ0) is 19.3. The summed E-state index contributed by atoms with van der Waals surface area (Å²) in [5.74, 6) is 1.20. The maximum Gasteiger partial charge on any atom is 0.133 e. The van der Waals surface area contributed by atoms with E-state index in [1.54, 1.807) is 6.20 Å². The number of fused-ring (bicyclic) bond motifs is 1. The molecular weight excluding hydrogens is 370 g/mol. The lowest BCUT2D eigenvalue weighted by molar-refractivity contribution is 0.179. The van der Waals surface area contributed by atoms with E-state index in [1.165, 1.54) is 11.3 Å². The van der Waals surface area contributed by atoms with Gasteiger partial charge in [0.05, 0.1) is 11.0 Å². The quantitative estimate of drug-likeness (QED) is 0.482. The number of piperidine rings is 1. The highest BCUT2D eigenvalue weighted by molar-refractivity contribution is 6.30. The Balaban J connectivity index is 1.48. The fraction of sp³-hybridized carbons (Fsp3) is 0.455. The summed E-state index contributed by atoms with van der Waals surface area (Å²) in [6.07, 6.45) is 4.98. The van der Waals surface area contributed by atoms with E-state index in [9.17, 15) is 0 Å². The molecular formula is C22H28ClN5. The third kappa shape index (κ3) is 4.22. The number of likely N-dealkylation sites (tertiary alicyclic amines) is 1. The smallest absolute Gasteiger partial charge is 0.133 e. The molecule has 0 radical (unpaired) electrons. The van der Waals surface area contributed by atoms with Crippen molar-refractivity contribution in [2.75, 3.05) is 26.2 Å². The minimum atomic E-state index is 0.504. The van der Waals surface area contributed by atoms with Gasteiger partial charge in [0.25, 0.3) is 0 Å². The molecule has 0 bridgehead atoms. The second-order valence-electron chi connectivity index (χ2n) is 7.45. The number of imidazole rings is 1. The monoisotopic (exact) mass is 397 g/mol. The Morgan fingerprint density at radius 3 is 2.75 bits per heavy atom. The Labute approximate surface area is 171 Å². The van der Waals surface area contributed by atoms with Crippen LogP contribution in [0.5, 0.6) is 0 Å². The van der Waals surface area contributed by atoms with Crippen molar-refractivity contribution in [3.8, 4) is 0 Å². The van der Waals surface area contributed by atoms with Crippen LogP contribution in [0.4, 0.5) is 0 Å². The molecule has 3 heterocycles. The standard InChI is InChI=1S/C22H28ClN5/c1-2-24-13-9-21-26-19-7-3-4-8-20(19)28(21)18-10-14-27(15-11-18)16-17-6-5-12-25-22(17)23/h3-8,12,18,24H,2,9-11,13-16H2,1H3. The van der Waals surface area contributed by atoms with Crippen LogP contribution in [0.1, 0.15) is 37.2 Å². The Bertz CT molecular complexity index is 914. The van der Waals surface area contributed by atoms with Crippen LogP contribution in [0.2, 0.25) is 5.15 Å². The number of aromatic nitrogens is 3. The third-order valence-corrected chi connectivity index (χ3v) is 5.94. The van der Waals surface area contributed by atoms with Gasteiger partial charge in [-0.1, -0.05) is 36.7 Å². The number of nitrogens with one attached hydrogen (secondary N) is 1. The molecule has 28 heavy (non-hydrogen) atoms. The minimum Gasteiger partial charge on any atom is -0.325 e. The molecule has 1 N–H and O–H groups in total. The van der Waals surface area contributed by atoms with E-state index in [4.69, 9.17) is 16.6 Å². The number of likely N-dealkylation sites (N-methyl/N-ethyl adjacent to an activating group) is 1. The molecule has 4 rings (SSSR count). The minimum absolute atomic E-state index is 0.504. The Morgan fingerprint density at radius 2 is 1.96 bits per heavy atom. The van der Waals surface area contributed by atoms with Gasteiger partial charge in [0.1, 0.15) is 11.0 Å². The highest BCUT2D eigenvalue weighted by Crippen LogP contribution is 2.30. The number of rotatable bonds is 7. The highest BCUT2D eigenvalue weighted by Gasteiger charge is 2.24. The van der Waals surface area contributed by atoms with Gasteiger partial charge in [-0.15, -0.1) is 0 Å². The van der Waals surface area contributed by atoms with E-state index in [1.807, 2.05) is 6.07 Å². The van der Waals surface area contributed by atoms with Crippen molar-refractivity contribution in [2.24, 2.45) is 0 Å². The van der Waals surface area contributed by atoms with Crippen molar-refractivity contribution in [3.05, 3.63) is 59.1 Å². The first-order valence-corrected chi connectivity index (χ1v) is 10.6. The largest absolute Gasteiger partial charge is 0.325 e. The van der Waals surface area contributed by atoms with Crippen molar-refractivity contribution in [1.29, 1.82) is 0 Å². The molecule has 1 saturated heterocycles. The molecule has 6 heteroatoms. The van der Waals surface area contributed by atoms with Gasteiger partial charge in [-0.3, -0.25) is 4.90 Å². The topological polar surface area (TPSA) is 46.0 Å². The van der Waals surface area contributed by atoms with E-state index < -0.39 is 0 Å². The van der Waals surface area contributed by atoms with Gasteiger partial charge in [-0.25, -0.2) is 9.97 Å². The first kappa shape index (κ1) is 19.4. The predicted octanol–water partition coefficient (Wildman–Crippen LogP) is 4.07. The second kappa shape index (κ2) is 9.03. The van der Waals surface area contributed by atoms with E-state index in [0.717, 1.165) is 63.1 Å². The van der Waals surface area contributed by atoms with Crippen LogP contribution in [0.3, 0.4) is 0 Å². The average molecular weight is 398 g/mol.